The number of carbonyl (C=O) groups is 1. The van der Waals surface area contributed by atoms with Crippen LogP contribution in [0.4, 0.5) is 13.2 Å². The highest BCUT2D eigenvalue weighted by molar-refractivity contribution is 7.98. The van der Waals surface area contributed by atoms with Gasteiger partial charge in [-0.25, -0.2) is 19.7 Å². The smallest absolute Gasteiger partial charge is 0.477 e. The second kappa shape index (κ2) is 7.63. The number of nitrogens with zero attached hydrogens (tertiary/aromatic N) is 4. The van der Waals surface area contributed by atoms with Crippen LogP contribution >= 0.6 is 11.8 Å². The number of rotatable bonds is 6. The number of hydrogen-bond donors (Lipinski definition) is 1. The molecular weight excluding hydrogens is 421 g/mol. The number of imidazole rings is 1. The number of halogens is 3. The van der Waals surface area contributed by atoms with Crippen LogP contribution in [-0.4, -0.2) is 43.2 Å². The molecule has 1 aliphatic rings. The summed E-state index contributed by atoms with van der Waals surface area (Å²) in [6.45, 7) is 0. The monoisotopic (exact) mass is 436 g/mol. The Balaban J connectivity index is 1.80. The number of hydrogen-bond acceptors (Lipinski definition) is 6. The molecule has 156 valence electrons. The van der Waals surface area contributed by atoms with Crippen LogP contribution in [0.1, 0.15) is 29.4 Å². The average Bonchev–Trinajstić information content (AvgIpc) is 3.46. The molecule has 0 aliphatic heterocycles. The average molecular weight is 436 g/mol. The predicted octanol–water partition coefficient (Wildman–Crippen LogP) is 4.66. The van der Waals surface area contributed by atoms with E-state index >= 15 is 0 Å². The first-order valence-electron chi connectivity index (χ1n) is 8.85. The van der Waals surface area contributed by atoms with Gasteiger partial charge in [0, 0.05) is 29.6 Å². The molecule has 1 N–H and O–H groups in total. The van der Waals surface area contributed by atoms with Crippen LogP contribution in [-0.2, 0) is 0 Å². The Morgan fingerprint density at radius 3 is 2.30 bits per heavy atom. The van der Waals surface area contributed by atoms with Gasteiger partial charge in [-0.3, -0.25) is 0 Å². The fourth-order valence-electron chi connectivity index (χ4n) is 3.08. The highest BCUT2D eigenvalue weighted by Crippen LogP contribution is 2.42. The van der Waals surface area contributed by atoms with E-state index in [9.17, 15) is 23.1 Å². The summed E-state index contributed by atoms with van der Waals surface area (Å²) < 4.78 is 42.8. The van der Waals surface area contributed by atoms with E-state index in [2.05, 4.69) is 19.7 Å². The number of alkyl halides is 3. The molecule has 4 rings (SSSR count). The van der Waals surface area contributed by atoms with Crippen LogP contribution in [0, 0.1) is 0 Å². The molecule has 7 nitrogen and oxygen atoms in total. The predicted molar refractivity (Wildman–Crippen MR) is 102 cm³/mol. The van der Waals surface area contributed by atoms with Crippen molar-refractivity contribution < 1.29 is 27.8 Å². The van der Waals surface area contributed by atoms with Gasteiger partial charge in [0.25, 0.3) is 0 Å². The topological polar surface area (TPSA) is 90.1 Å². The Bertz CT molecular complexity index is 1080. The summed E-state index contributed by atoms with van der Waals surface area (Å²) >= 11 is 1.35. The first-order chi connectivity index (χ1) is 14.3. The van der Waals surface area contributed by atoms with Crippen molar-refractivity contribution >= 4 is 17.7 Å². The van der Waals surface area contributed by atoms with Gasteiger partial charge in [-0.1, -0.05) is 11.8 Å². The molecule has 30 heavy (non-hydrogen) atoms. The van der Waals surface area contributed by atoms with E-state index in [1.165, 1.54) is 48.4 Å². The number of thioether (sulfide) groups is 1. The number of carboxylic acids is 1. The third-order valence-electron chi connectivity index (χ3n) is 4.46. The second-order valence-electron chi connectivity index (χ2n) is 6.57. The largest absolute Gasteiger partial charge is 0.573 e. The Morgan fingerprint density at radius 1 is 1.17 bits per heavy atom. The van der Waals surface area contributed by atoms with Gasteiger partial charge in [-0.05, 0) is 43.4 Å². The summed E-state index contributed by atoms with van der Waals surface area (Å²) in [4.78, 5) is 25.0. The fraction of sp³-hybridized carbons (Fsp3) is 0.263. The van der Waals surface area contributed by atoms with Crippen molar-refractivity contribution in [1.82, 2.24) is 19.5 Å². The molecule has 0 spiro atoms. The summed E-state index contributed by atoms with van der Waals surface area (Å²) in [5.74, 6) is -1.16. The zero-order valence-electron chi connectivity index (χ0n) is 15.6. The highest BCUT2D eigenvalue weighted by atomic mass is 32.2. The molecule has 0 radical (unpaired) electrons. The van der Waals surface area contributed by atoms with Crippen molar-refractivity contribution in [2.75, 3.05) is 6.26 Å². The summed E-state index contributed by atoms with van der Waals surface area (Å²) in [6.07, 6.45) is 1.63. The molecule has 0 bridgehead atoms. The van der Waals surface area contributed by atoms with Gasteiger partial charge in [-0.15, -0.1) is 13.2 Å². The molecule has 11 heteroatoms. The maximum atomic E-state index is 12.4. The van der Waals surface area contributed by atoms with E-state index in [0.29, 0.717) is 22.1 Å². The van der Waals surface area contributed by atoms with E-state index in [-0.39, 0.29) is 23.2 Å². The molecule has 0 atom stereocenters. The lowest BCUT2D eigenvalue weighted by molar-refractivity contribution is -0.274. The SMILES string of the molecule is CSc1ncc(-c2nc(-c3ccc(OC(F)(F)F)cc3)n(C3CC3)c2C(=O)O)cn1. The Kier molecular flexibility index (Phi) is 5.14. The fourth-order valence-corrected chi connectivity index (χ4v) is 3.40. The molecule has 1 saturated carbocycles. The lowest BCUT2D eigenvalue weighted by Crippen LogP contribution is -2.17. The van der Waals surface area contributed by atoms with Crippen molar-refractivity contribution in [1.29, 1.82) is 0 Å². The molecule has 3 aromatic rings. The van der Waals surface area contributed by atoms with Gasteiger partial charge < -0.3 is 14.4 Å². The first kappa shape index (κ1) is 20.2. The van der Waals surface area contributed by atoms with Gasteiger partial charge in [0.1, 0.15) is 17.3 Å². The van der Waals surface area contributed by atoms with E-state index in [4.69, 9.17) is 0 Å². The minimum atomic E-state index is -4.79. The van der Waals surface area contributed by atoms with Crippen LogP contribution in [0.25, 0.3) is 22.6 Å². The van der Waals surface area contributed by atoms with Gasteiger partial charge in [0.05, 0.1) is 0 Å². The number of aromatic carboxylic acids is 1. The Morgan fingerprint density at radius 2 is 1.80 bits per heavy atom. The first-order valence-corrected chi connectivity index (χ1v) is 10.1. The lowest BCUT2D eigenvalue weighted by Gasteiger charge is -2.11. The summed E-state index contributed by atoms with van der Waals surface area (Å²) in [6, 6.07) is 5.15. The van der Waals surface area contributed by atoms with E-state index in [0.717, 1.165) is 12.8 Å². The lowest BCUT2D eigenvalue weighted by atomic mass is 10.2. The van der Waals surface area contributed by atoms with Crippen LogP contribution in [0.15, 0.2) is 41.8 Å². The molecule has 0 saturated heterocycles. The molecule has 1 aliphatic carbocycles. The molecule has 0 amide bonds. The van der Waals surface area contributed by atoms with Gasteiger partial charge in [-0.2, -0.15) is 0 Å². The van der Waals surface area contributed by atoms with Crippen molar-refractivity contribution in [3.05, 3.63) is 42.4 Å². The molecule has 1 fully saturated rings. The van der Waals surface area contributed by atoms with Gasteiger partial charge in [0.15, 0.2) is 10.9 Å². The van der Waals surface area contributed by atoms with Crippen LogP contribution in [0.5, 0.6) is 5.75 Å². The molecule has 1 aromatic carbocycles. The third-order valence-corrected chi connectivity index (χ3v) is 5.03. The van der Waals surface area contributed by atoms with E-state index in [1.54, 1.807) is 4.57 Å². The molecule has 2 heterocycles. The highest BCUT2D eigenvalue weighted by Gasteiger charge is 2.35. The van der Waals surface area contributed by atoms with Crippen molar-refractivity contribution in [2.24, 2.45) is 0 Å². The maximum absolute atomic E-state index is 12.4. The van der Waals surface area contributed by atoms with E-state index < -0.39 is 12.3 Å². The van der Waals surface area contributed by atoms with Gasteiger partial charge >= 0.3 is 12.3 Å². The summed E-state index contributed by atoms with van der Waals surface area (Å²) in [5, 5.41) is 10.4. The zero-order chi connectivity index (χ0) is 21.5. The van der Waals surface area contributed by atoms with E-state index in [1.807, 2.05) is 6.26 Å². The molecule has 0 unspecified atom stereocenters. The molecule has 2 aromatic heterocycles. The second-order valence-corrected chi connectivity index (χ2v) is 7.34. The summed E-state index contributed by atoms with van der Waals surface area (Å²) in [5.41, 5.74) is 1.14. The minimum Gasteiger partial charge on any atom is -0.477 e. The van der Waals surface area contributed by atoms with Gasteiger partial charge in [0.2, 0.25) is 0 Å². The van der Waals surface area contributed by atoms with Crippen molar-refractivity contribution in [2.45, 2.75) is 30.4 Å². The van der Waals surface area contributed by atoms with Crippen LogP contribution in [0.3, 0.4) is 0 Å². The zero-order valence-corrected chi connectivity index (χ0v) is 16.4. The number of aromatic nitrogens is 4. The number of carboxylic acid groups (broad SMARTS) is 1. The molecular formula is C19H15F3N4O3S. The quantitative estimate of drug-likeness (QED) is 0.444. The van der Waals surface area contributed by atoms with Crippen LogP contribution < -0.4 is 4.74 Å². The Labute approximate surface area is 172 Å². The maximum Gasteiger partial charge on any atom is 0.573 e. The Hall–Kier alpha value is -3.08. The van der Waals surface area contributed by atoms with Crippen LogP contribution in [0.2, 0.25) is 0 Å². The minimum absolute atomic E-state index is 0.00335. The normalized spacial score (nSPS) is 14.0. The standard InChI is InChI=1S/C19H15F3N4O3S/c1-30-18-23-8-11(9-24-18)14-15(17(27)28)26(12-4-5-12)16(25-14)10-2-6-13(7-3-10)29-19(20,21)22/h2-3,6-9,12H,4-5H2,1H3,(H,27,28). The third kappa shape index (κ3) is 4.11. The van der Waals surface area contributed by atoms with Crippen molar-refractivity contribution in [3.63, 3.8) is 0 Å². The summed E-state index contributed by atoms with van der Waals surface area (Å²) in [7, 11) is 0. The number of ether oxygens (including phenoxy) is 1. The number of benzene rings is 1. The van der Waals surface area contributed by atoms with Crippen molar-refractivity contribution in [3.8, 4) is 28.4 Å².